The average molecular weight is 373 g/mol. The van der Waals surface area contributed by atoms with E-state index in [4.69, 9.17) is 16.6 Å². The van der Waals surface area contributed by atoms with Crippen molar-refractivity contribution in [2.45, 2.75) is 20.8 Å². The third-order valence-electron chi connectivity index (χ3n) is 2.33. The van der Waals surface area contributed by atoms with Crippen LogP contribution in [0.3, 0.4) is 0 Å². The standard InChI is InChI=1S/C9H11N9Te/c1-6-4-7(2)9(8(3)5-6)19(16-13-10,17-14-11)18-15-12/h4-5H,1-3H3. The van der Waals surface area contributed by atoms with Crippen LogP contribution in [0.5, 0.6) is 0 Å². The molecule has 0 spiro atoms. The Morgan fingerprint density at radius 2 is 1.21 bits per heavy atom. The Morgan fingerprint density at radius 3 is 1.53 bits per heavy atom. The zero-order chi connectivity index (χ0) is 14.5. The summed E-state index contributed by atoms with van der Waals surface area (Å²) >= 11 is -4.28. The van der Waals surface area contributed by atoms with Gasteiger partial charge < -0.3 is 0 Å². The van der Waals surface area contributed by atoms with Gasteiger partial charge in [-0.3, -0.25) is 0 Å². The van der Waals surface area contributed by atoms with Gasteiger partial charge in [-0.1, -0.05) is 0 Å². The Hall–Kier alpha value is -2.06. The van der Waals surface area contributed by atoms with E-state index in [9.17, 15) is 0 Å². The molecule has 0 aliphatic heterocycles. The van der Waals surface area contributed by atoms with Crippen LogP contribution in [-0.2, 0) is 0 Å². The minimum atomic E-state index is -4.28. The molecule has 0 N–H and O–H groups in total. The third-order valence-corrected chi connectivity index (χ3v) is 8.31. The maximum absolute atomic E-state index is 8.69. The molecule has 0 saturated carbocycles. The molecule has 0 atom stereocenters. The molecular formula is C9H11N9Te. The van der Waals surface area contributed by atoms with E-state index in [-0.39, 0.29) is 0 Å². The van der Waals surface area contributed by atoms with Crippen LogP contribution in [0.15, 0.2) is 22.2 Å². The number of benzene rings is 1. The van der Waals surface area contributed by atoms with Gasteiger partial charge in [-0.05, 0) is 0 Å². The summed E-state index contributed by atoms with van der Waals surface area (Å²) in [6.45, 7) is 5.54. The van der Waals surface area contributed by atoms with Crippen LogP contribution in [0.4, 0.5) is 0 Å². The molecule has 0 radical (unpaired) electrons. The molecule has 0 heterocycles. The molecule has 1 rings (SSSR count). The molecule has 0 saturated heterocycles. The van der Waals surface area contributed by atoms with Crippen molar-refractivity contribution in [3.63, 3.8) is 0 Å². The van der Waals surface area contributed by atoms with E-state index in [0.29, 0.717) is 3.61 Å². The molecule has 0 aliphatic rings. The van der Waals surface area contributed by atoms with Gasteiger partial charge in [0.05, 0.1) is 0 Å². The van der Waals surface area contributed by atoms with Crippen molar-refractivity contribution in [2.75, 3.05) is 0 Å². The quantitative estimate of drug-likeness (QED) is 0.328. The van der Waals surface area contributed by atoms with Crippen LogP contribution in [0.25, 0.3) is 31.3 Å². The zero-order valence-corrected chi connectivity index (χ0v) is 12.9. The van der Waals surface area contributed by atoms with Crippen LogP contribution in [-0.4, -0.2) is 19.0 Å². The molecular weight excluding hydrogens is 362 g/mol. The van der Waals surface area contributed by atoms with Crippen molar-refractivity contribution in [2.24, 2.45) is 10.1 Å². The Morgan fingerprint density at radius 1 is 0.842 bits per heavy atom. The summed E-state index contributed by atoms with van der Waals surface area (Å²) in [5.41, 5.74) is 28.7. The summed E-state index contributed by atoms with van der Waals surface area (Å²) in [6, 6.07) is 3.74. The Kier molecular flexibility index (Phi) is 4.90. The molecule has 0 amide bonds. The van der Waals surface area contributed by atoms with Gasteiger partial charge in [0.2, 0.25) is 0 Å². The molecule has 10 heteroatoms. The molecule has 0 unspecified atom stereocenters. The Labute approximate surface area is 114 Å². The monoisotopic (exact) mass is 375 g/mol. The predicted octanol–water partition coefficient (Wildman–Crippen LogP) is 3.69. The van der Waals surface area contributed by atoms with E-state index in [1.54, 1.807) is 0 Å². The maximum atomic E-state index is 8.69. The molecule has 19 heavy (non-hydrogen) atoms. The second kappa shape index (κ2) is 6.21. The molecule has 0 fully saturated rings. The summed E-state index contributed by atoms with van der Waals surface area (Å²) in [6.07, 6.45) is 0. The van der Waals surface area contributed by atoms with Gasteiger partial charge in [-0.25, -0.2) is 0 Å². The summed E-state index contributed by atoms with van der Waals surface area (Å²) < 4.78 is 11.3. The number of hydrogen-bond acceptors (Lipinski definition) is 3. The van der Waals surface area contributed by atoms with Crippen molar-refractivity contribution >= 4 is 22.6 Å². The van der Waals surface area contributed by atoms with E-state index < -0.39 is 19.0 Å². The zero-order valence-electron chi connectivity index (χ0n) is 10.6. The molecule has 0 bridgehead atoms. The van der Waals surface area contributed by atoms with E-state index >= 15 is 0 Å². The number of aryl methyl sites for hydroxylation is 3. The molecule has 9 nitrogen and oxygen atoms in total. The third kappa shape index (κ3) is 3.04. The van der Waals surface area contributed by atoms with Crippen LogP contribution in [0.1, 0.15) is 16.7 Å². The first-order valence-corrected chi connectivity index (χ1v) is 9.40. The fourth-order valence-corrected chi connectivity index (χ4v) is 6.58. The fraction of sp³-hybridized carbons (Fsp3) is 0.333. The fourth-order valence-electron chi connectivity index (χ4n) is 1.92. The second-order valence-corrected chi connectivity index (χ2v) is 9.28. The van der Waals surface area contributed by atoms with E-state index in [0.717, 1.165) is 16.7 Å². The molecule has 98 valence electrons. The predicted molar refractivity (Wildman–Crippen MR) is 73.5 cm³/mol. The van der Waals surface area contributed by atoms with Gasteiger partial charge in [0.15, 0.2) is 0 Å². The van der Waals surface area contributed by atoms with Crippen molar-refractivity contribution in [3.05, 3.63) is 60.2 Å². The van der Waals surface area contributed by atoms with Gasteiger partial charge in [0.1, 0.15) is 0 Å². The SMILES string of the molecule is Cc1cc(C)c([Te](N=[N+]=[N-])(N=[N+]=[N-])N=[N+]=[N-])c(C)c1. The van der Waals surface area contributed by atoms with Crippen LogP contribution >= 0.6 is 0 Å². The summed E-state index contributed by atoms with van der Waals surface area (Å²) in [5.74, 6) is 0. The summed E-state index contributed by atoms with van der Waals surface area (Å²) in [4.78, 5) is 8.12. The number of azide groups is 1. The topological polar surface area (TPSA) is 146 Å². The van der Waals surface area contributed by atoms with Gasteiger partial charge >= 0.3 is 114 Å². The van der Waals surface area contributed by atoms with Crippen LogP contribution in [0, 0.1) is 20.8 Å². The van der Waals surface area contributed by atoms with Gasteiger partial charge in [0.25, 0.3) is 0 Å². The summed E-state index contributed by atoms with van der Waals surface area (Å²) in [5, 5.41) is 0. The van der Waals surface area contributed by atoms with Crippen molar-refractivity contribution < 1.29 is 0 Å². The van der Waals surface area contributed by atoms with Gasteiger partial charge in [0, 0.05) is 0 Å². The van der Waals surface area contributed by atoms with Crippen LogP contribution < -0.4 is 3.61 Å². The molecule has 0 aromatic heterocycles. The first-order valence-electron chi connectivity index (χ1n) is 5.11. The molecule has 1 aromatic rings. The van der Waals surface area contributed by atoms with Crippen LogP contribution in [0.2, 0.25) is 0 Å². The van der Waals surface area contributed by atoms with Gasteiger partial charge in [-0.2, -0.15) is 0 Å². The average Bonchev–Trinajstić information content (AvgIpc) is 2.28. The van der Waals surface area contributed by atoms with E-state index in [2.05, 4.69) is 24.8 Å². The van der Waals surface area contributed by atoms with Gasteiger partial charge in [-0.15, -0.1) is 0 Å². The molecule has 0 aliphatic carbocycles. The Bertz CT molecular complexity index is 579. The normalized spacial score (nSPS) is 14.1. The first-order chi connectivity index (χ1) is 9.00. The van der Waals surface area contributed by atoms with Crippen molar-refractivity contribution in [3.8, 4) is 0 Å². The Balaban J connectivity index is 3.81. The second-order valence-electron chi connectivity index (χ2n) is 3.76. The van der Waals surface area contributed by atoms with Crippen molar-refractivity contribution in [1.82, 2.24) is 0 Å². The van der Waals surface area contributed by atoms with E-state index in [1.807, 2.05) is 32.9 Å². The summed E-state index contributed by atoms with van der Waals surface area (Å²) in [7, 11) is 0. The first kappa shape index (κ1) is 15.0. The molecule has 1 aromatic carbocycles. The number of nitrogens with zero attached hydrogens (tertiary/aromatic N) is 9. The minimum absolute atomic E-state index is 0.585. The number of rotatable bonds is 4. The number of hydrogen-bond donors (Lipinski definition) is 0. The van der Waals surface area contributed by atoms with Crippen molar-refractivity contribution in [1.29, 1.82) is 0 Å². The van der Waals surface area contributed by atoms with E-state index in [1.165, 1.54) is 0 Å².